The highest BCUT2D eigenvalue weighted by atomic mass is 16.5. The maximum Gasteiger partial charge on any atom is 0.270 e. The van der Waals surface area contributed by atoms with Gasteiger partial charge in [-0.3, -0.25) is 4.79 Å². The first kappa shape index (κ1) is 15.5. The standard InChI is InChI=1S/C18H21N3O2/c1-21-11-5-6-14(13-21)20-18(22)17-10-9-16(12-19-17)23-15-7-3-2-4-8-15/h2-4,7-10,12,14H,5-6,11,13H2,1H3,(H,20,22). The zero-order valence-electron chi connectivity index (χ0n) is 13.2. The van der Waals surface area contributed by atoms with Crippen molar-refractivity contribution in [2.45, 2.75) is 18.9 Å². The molecule has 1 fully saturated rings. The summed E-state index contributed by atoms with van der Waals surface area (Å²) in [6, 6.07) is 13.2. The van der Waals surface area contributed by atoms with Crippen LogP contribution in [0.5, 0.6) is 11.5 Å². The Labute approximate surface area is 136 Å². The van der Waals surface area contributed by atoms with Crippen LogP contribution >= 0.6 is 0 Å². The number of likely N-dealkylation sites (tertiary alicyclic amines) is 1. The Morgan fingerprint density at radius 3 is 2.74 bits per heavy atom. The lowest BCUT2D eigenvalue weighted by Crippen LogP contribution is -2.46. The minimum Gasteiger partial charge on any atom is -0.456 e. The Balaban J connectivity index is 1.59. The van der Waals surface area contributed by atoms with E-state index in [1.165, 1.54) is 0 Å². The van der Waals surface area contributed by atoms with E-state index in [0.717, 1.165) is 31.7 Å². The second-order valence-electron chi connectivity index (χ2n) is 5.87. The Hall–Kier alpha value is -2.40. The Bertz CT molecular complexity index is 643. The quantitative estimate of drug-likeness (QED) is 0.943. The summed E-state index contributed by atoms with van der Waals surface area (Å²) in [6.45, 7) is 1.98. The summed E-state index contributed by atoms with van der Waals surface area (Å²) in [6.07, 6.45) is 3.71. The van der Waals surface area contributed by atoms with Crippen LogP contribution < -0.4 is 10.1 Å². The van der Waals surface area contributed by atoms with E-state index in [4.69, 9.17) is 4.74 Å². The van der Waals surface area contributed by atoms with E-state index in [1.807, 2.05) is 30.3 Å². The number of ether oxygens (including phenoxy) is 1. The lowest BCUT2D eigenvalue weighted by atomic mass is 10.1. The van der Waals surface area contributed by atoms with E-state index >= 15 is 0 Å². The zero-order valence-corrected chi connectivity index (χ0v) is 13.2. The number of hydrogen-bond acceptors (Lipinski definition) is 4. The summed E-state index contributed by atoms with van der Waals surface area (Å²) in [5, 5.41) is 3.05. The first-order valence-electron chi connectivity index (χ1n) is 7.89. The Morgan fingerprint density at radius 1 is 1.22 bits per heavy atom. The minimum atomic E-state index is -0.128. The first-order chi connectivity index (χ1) is 11.2. The molecular formula is C18H21N3O2. The third-order valence-corrected chi connectivity index (χ3v) is 3.91. The van der Waals surface area contributed by atoms with Crippen molar-refractivity contribution in [1.29, 1.82) is 0 Å². The van der Waals surface area contributed by atoms with Gasteiger partial charge < -0.3 is 15.0 Å². The molecule has 2 aromatic rings. The maximum atomic E-state index is 12.3. The number of nitrogens with zero attached hydrogens (tertiary/aromatic N) is 2. The van der Waals surface area contributed by atoms with Crippen LogP contribution in [0.3, 0.4) is 0 Å². The van der Waals surface area contributed by atoms with E-state index in [0.29, 0.717) is 11.4 Å². The second kappa shape index (κ2) is 7.24. The van der Waals surface area contributed by atoms with Gasteiger partial charge in [0.1, 0.15) is 17.2 Å². The molecule has 2 heterocycles. The van der Waals surface area contributed by atoms with Crippen LogP contribution in [0.25, 0.3) is 0 Å². The summed E-state index contributed by atoms with van der Waals surface area (Å²) < 4.78 is 5.68. The van der Waals surface area contributed by atoms with E-state index in [1.54, 1.807) is 18.3 Å². The molecular weight excluding hydrogens is 290 g/mol. The molecule has 1 amide bonds. The third kappa shape index (κ3) is 4.29. The molecule has 1 aliphatic heterocycles. The fourth-order valence-corrected chi connectivity index (χ4v) is 2.74. The lowest BCUT2D eigenvalue weighted by molar-refractivity contribution is 0.0907. The normalized spacial score (nSPS) is 18.4. The van der Waals surface area contributed by atoms with E-state index < -0.39 is 0 Å². The summed E-state index contributed by atoms with van der Waals surface area (Å²) in [7, 11) is 2.08. The number of pyridine rings is 1. The molecule has 1 unspecified atom stereocenters. The van der Waals surface area contributed by atoms with Crippen molar-refractivity contribution in [1.82, 2.24) is 15.2 Å². The van der Waals surface area contributed by atoms with Gasteiger partial charge in [-0.1, -0.05) is 18.2 Å². The van der Waals surface area contributed by atoms with Gasteiger partial charge in [-0.15, -0.1) is 0 Å². The van der Waals surface area contributed by atoms with Crippen molar-refractivity contribution in [2.75, 3.05) is 20.1 Å². The highest BCUT2D eigenvalue weighted by Gasteiger charge is 2.20. The van der Waals surface area contributed by atoms with E-state index in [2.05, 4.69) is 22.2 Å². The summed E-state index contributed by atoms with van der Waals surface area (Å²) in [5.74, 6) is 1.23. The molecule has 0 bridgehead atoms. The molecule has 1 aromatic heterocycles. The van der Waals surface area contributed by atoms with Crippen molar-refractivity contribution in [3.8, 4) is 11.5 Å². The molecule has 0 saturated carbocycles. The Kier molecular flexibility index (Phi) is 4.88. The van der Waals surface area contributed by atoms with Crippen molar-refractivity contribution in [2.24, 2.45) is 0 Å². The molecule has 3 rings (SSSR count). The first-order valence-corrected chi connectivity index (χ1v) is 7.89. The molecule has 5 heteroatoms. The summed E-state index contributed by atoms with van der Waals surface area (Å²) >= 11 is 0. The molecule has 0 aliphatic carbocycles. The molecule has 0 spiro atoms. The average molecular weight is 311 g/mol. The molecule has 1 aliphatic rings. The summed E-state index contributed by atoms with van der Waals surface area (Å²) in [4.78, 5) is 18.7. The number of hydrogen-bond donors (Lipinski definition) is 1. The molecule has 1 saturated heterocycles. The maximum absolute atomic E-state index is 12.3. The minimum absolute atomic E-state index is 0.128. The number of piperidine rings is 1. The zero-order chi connectivity index (χ0) is 16.1. The number of aromatic nitrogens is 1. The van der Waals surface area contributed by atoms with Gasteiger partial charge in [-0.05, 0) is 50.7 Å². The van der Waals surface area contributed by atoms with Crippen LogP contribution in [0.2, 0.25) is 0 Å². The van der Waals surface area contributed by atoms with Crippen LogP contribution in [-0.4, -0.2) is 42.0 Å². The number of amides is 1. The van der Waals surface area contributed by atoms with Crippen LogP contribution in [0.15, 0.2) is 48.7 Å². The van der Waals surface area contributed by atoms with Crippen LogP contribution in [0, 0.1) is 0 Å². The summed E-state index contributed by atoms with van der Waals surface area (Å²) in [5.41, 5.74) is 0.415. The van der Waals surface area contributed by atoms with Crippen LogP contribution in [-0.2, 0) is 0 Å². The number of carbonyl (C=O) groups is 1. The predicted octanol–water partition coefficient (Wildman–Crippen LogP) is 2.70. The van der Waals surface area contributed by atoms with Gasteiger partial charge >= 0.3 is 0 Å². The van der Waals surface area contributed by atoms with Gasteiger partial charge in [0.15, 0.2) is 0 Å². The number of rotatable bonds is 4. The smallest absolute Gasteiger partial charge is 0.270 e. The predicted molar refractivity (Wildman–Crippen MR) is 88.7 cm³/mol. The highest BCUT2D eigenvalue weighted by Crippen LogP contribution is 2.20. The highest BCUT2D eigenvalue weighted by molar-refractivity contribution is 5.92. The van der Waals surface area contributed by atoms with Crippen molar-refractivity contribution in [3.63, 3.8) is 0 Å². The molecule has 0 radical (unpaired) electrons. The van der Waals surface area contributed by atoms with Gasteiger partial charge in [-0.25, -0.2) is 4.98 Å². The fourth-order valence-electron chi connectivity index (χ4n) is 2.74. The average Bonchev–Trinajstić information content (AvgIpc) is 2.56. The molecule has 1 aromatic carbocycles. The molecule has 5 nitrogen and oxygen atoms in total. The van der Waals surface area contributed by atoms with Gasteiger partial charge in [0, 0.05) is 12.6 Å². The van der Waals surface area contributed by atoms with Crippen LogP contribution in [0.4, 0.5) is 0 Å². The number of likely N-dealkylation sites (N-methyl/N-ethyl adjacent to an activating group) is 1. The van der Waals surface area contributed by atoms with Gasteiger partial charge in [0.25, 0.3) is 5.91 Å². The van der Waals surface area contributed by atoms with Gasteiger partial charge in [0.2, 0.25) is 0 Å². The van der Waals surface area contributed by atoms with Crippen molar-refractivity contribution < 1.29 is 9.53 Å². The van der Waals surface area contributed by atoms with E-state index in [-0.39, 0.29) is 11.9 Å². The topological polar surface area (TPSA) is 54.5 Å². The molecule has 1 atom stereocenters. The number of benzene rings is 1. The van der Waals surface area contributed by atoms with Gasteiger partial charge in [0.05, 0.1) is 6.20 Å². The van der Waals surface area contributed by atoms with Crippen molar-refractivity contribution in [3.05, 3.63) is 54.4 Å². The molecule has 1 N–H and O–H groups in total. The molecule has 23 heavy (non-hydrogen) atoms. The number of carbonyl (C=O) groups excluding carboxylic acids is 1. The third-order valence-electron chi connectivity index (χ3n) is 3.91. The number of nitrogens with one attached hydrogen (secondary N) is 1. The lowest BCUT2D eigenvalue weighted by Gasteiger charge is -2.30. The number of para-hydroxylation sites is 1. The largest absolute Gasteiger partial charge is 0.456 e. The van der Waals surface area contributed by atoms with E-state index in [9.17, 15) is 4.79 Å². The fraction of sp³-hybridized carbons (Fsp3) is 0.333. The Morgan fingerprint density at radius 2 is 2.04 bits per heavy atom. The monoisotopic (exact) mass is 311 g/mol. The van der Waals surface area contributed by atoms with Crippen molar-refractivity contribution >= 4 is 5.91 Å². The van der Waals surface area contributed by atoms with Crippen LogP contribution in [0.1, 0.15) is 23.3 Å². The second-order valence-corrected chi connectivity index (χ2v) is 5.87. The van der Waals surface area contributed by atoms with Gasteiger partial charge in [-0.2, -0.15) is 0 Å². The molecule has 120 valence electrons. The SMILES string of the molecule is CN1CCCC(NC(=O)c2ccc(Oc3ccccc3)cn2)C1.